The number of rotatable bonds is 6. The summed E-state index contributed by atoms with van der Waals surface area (Å²) in [5.74, 6) is 0.217. The molecule has 0 aromatic heterocycles. The van der Waals surface area contributed by atoms with Gasteiger partial charge in [-0.1, -0.05) is 6.92 Å². The number of nitro benzene ring substituents is 1. The van der Waals surface area contributed by atoms with Gasteiger partial charge in [0.05, 0.1) is 4.92 Å². The molecule has 98 valence electrons. The highest BCUT2D eigenvalue weighted by atomic mass is 16.6. The monoisotopic (exact) mass is 253 g/mol. The van der Waals surface area contributed by atoms with Crippen LogP contribution in [-0.4, -0.2) is 23.6 Å². The fourth-order valence-corrected chi connectivity index (χ4v) is 1.23. The van der Waals surface area contributed by atoms with Crippen molar-refractivity contribution in [3.8, 4) is 5.75 Å². The van der Waals surface area contributed by atoms with Gasteiger partial charge in [-0.25, -0.2) is 0 Å². The lowest BCUT2D eigenvalue weighted by Gasteiger charge is -2.14. The topological polar surface area (TPSA) is 78.7 Å². The van der Waals surface area contributed by atoms with Crippen LogP contribution in [-0.2, 0) is 9.53 Å². The van der Waals surface area contributed by atoms with Crippen LogP contribution in [0.25, 0.3) is 0 Å². The predicted molar refractivity (Wildman–Crippen MR) is 64.4 cm³/mol. The van der Waals surface area contributed by atoms with E-state index in [4.69, 9.17) is 9.47 Å². The van der Waals surface area contributed by atoms with Crippen molar-refractivity contribution in [3.63, 3.8) is 0 Å². The maximum atomic E-state index is 10.9. The minimum atomic E-state index is -0.476. The average molecular weight is 253 g/mol. The summed E-state index contributed by atoms with van der Waals surface area (Å²) in [4.78, 5) is 20.9. The number of carbonyl (C=O) groups excluding carboxylic acids is 1. The summed E-state index contributed by atoms with van der Waals surface area (Å²) in [6.45, 7) is 3.62. The molecule has 0 spiro atoms. The molecule has 0 amide bonds. The first-order valence-electron chi connectivity index (χ1n) is 5.59. The maximum Gasteiger partial charge on any atom is 0.305 e. The van der Waals surface area contributed by atoms with Crippen molar-refractivity contribution in [2.24, 2.45) is 0 Å². The number of hydrogen-bond donors (Lipinski definition) is 0. The third-order valence-corrected chi connectivity index (χ3v) is 2.15. The fraction of sp³-hybridized carbons (Fsp3) is 0.417. The van der Waals surface area contributed by atoms with E-state index >= 15 is 0 Å². The van der Waals surface area contributed by atoms with Crippen molar-refractivity contribution >= 4 is 11.7 Å². The van der Waals surface area contributed by atoms with Crippen molar-refractivity contribution in [1.82, 2.24) is 0 Å². The molecule has 1 unspecified atom stereocenters. The van der Waals surface area contributed by atoms with E-state index in [0.717, 1.165) is 0 Å². The van der Waals surface area contributed by atoms with Crippen molar-refractivity contribution in [1.29, 1.82) is 0 Å². The van der Waals surface area contributed by atoms with Crippen LogP contribution in [0.5, 0.6) is 5.75 Å². The van der Waals surface area contributed by atoms with E-state index in [1.165, 1.54) is 24.3 Å². The van der Waals surface area contributed by atoms with E-state index in [-0.39, 0.29) is 24.4 Å². The molecule has 0 N–H and O–H groups in total. The normalized spacial score (nSPS) is 11.7. The Morgan fingerprint density at radius 3 is 2.50 bits per heavy atom. The first kappa shape index (κ1) is 14.0. The van der Waals surface area contributed by atoms with Gasteiger partial charge >= 0.3 is 5.97 Å². The van der Waals surface area contributed by atoms with Crippen LogP contribution in [0.3, 0.4) is 0 Å². The number of benzene rings is 1. The quantitative estimate of drug-likeness (QED) is 0.441. The lowest BCUT2D eigenvalue weighted by molar-refractivity contribution is -0.384. The zero-order chi connectivity index (χ0) is 13.5. The number of esters is 1. The van der Waals surface area contributed by atoms with Crippen LogP contribution in [0, 0.1) is 10.1 Å². The molecule has 6 nitrogen and oxygen atoms in total. The van der Waals surface area contributed by atoms with E-state index in [1.807, 2.05) is 0 Å². The Balaban J connectivity index is 2.46. The van der Waals surface area contributed by atoms with Crippen molar-refractivity contribution in [2.75, 3.05) is 6.61 Å². The van der Waals surface area contributed by atoms with Gasteiger partial charge in [-0.2, -0.15) is 0 Å². The molecule has 0 aliphatic carbocycles. The van der Waals surface area contributed by atoms with Crippen LogP contribution >= 0.6 is 0 Å². The van der Waals surface area contributed by atoms with Gasteiger partial charge in [0, 0.05) is 18.6 Å². The molecule has 0 saturated heterocycles. The van der Waals surface area contributed by atoms with Crippen molar-refractivity contribution in [3.05, 3.63) is 34.4 Å². The maximum absolute atomic E-state index is 10.9. The highest BCUT2D eigenvalue weighted by molar-refractivity contribution is 5.68. The van der Waals surface area contributed by atoms with Gasteiger partial charge in [0.25, 0.3) is 5.69 Å². The summed E-state index contributed by atoms with van der Waals surface area (Å²) >= 11 is 0. The van der Waals surface area contributed by atoms with Crippen molar-refractivity contribution < 1.29 is 19.2 Å². The molecule has 1 aromatic carbocycles. The molecule has 0 aliphatic heterocycles. The molecule has 1 aromatic rings. The molecule has 18 heavy (non-hydrogen) atoms. The van der Waals surface area contributed by atoms with Crippen LogP contribution < -0.4 is 4.74 Å². The smallest absolute Gasteiger partial charge is 0.305 e. The predicted octanol–water partition coefficient (Wildman–Crippen LogP) is 2.32. The molecule has 0 fully saturated rings. The number of carbonyl (C=O) groups is 1. The Morgan fingerprint density at radius 2 is 2.00 bits per heavy atom. The average Bonchev–Trinajstić information content (AvgIpc) is 2.36. The standard InChI is InChI=1S/C12H15NO5/c1-3-12(14)17-8-9(2)18-11-6-4-10(5-7-11)13(15)16/h4-7,9H,3,8H2,1-2H3. The zero-order valence-electron chi connectivity index (χ0n) is 10.3. The number of nitrogens with zero attached hydrogens (tertiary/aromatic N) is 1. The van der Waals surface area contributed by atoms with Gasteiger partial charge in [0.1, 0.15) is 18.5 Å². The van der Waals surface area contributed by atoms with Crippen LogP contribution in [0.15, 0.2) is 24.3 Å². The molecular weight excluding hydrogens is 238 g/mol. The minimum absolute atomic E-state index is 0.00686. The van der Waals surface area contributed by atoms with E-state index < -0.39 is 4.92 Å². The fourth-order valence-electron chi connectivity index (χ4n) is 1.23. The molecule has 0 radical (unpaired) electrons. The molecule has 6 heteroatoms. The Hall–Kier alpha value is -2.11. The zero-order valence-corrected chi connectivity index (χ0v) is 10.3. The van der Waals surface area contributed by atoms with Gasteiger partial charge < -0.3 is 9.47 Å². The second-order valence-corrected chi connectivity index (χ2v) is 3.72. The van der Waals surface area contributed by atoms with Crippen LogP contribution in [0.1, 0.15) is 20.3 Å². The molecular formula is C12H15NO5. The second kappa shape index (κ2) is 6.58. The summed E-state index contributed by atoms with van der Waals surface area (Å²) in [5, 5.41) is 10.5. The molecule has 0 bridgehead atoms. The highest BCUT2D eigenvalue weighted by Crippen LogP contribution is 2.18. The van der Waals surface area contributed by atoms with Crippen LogP contribution in [0.2, 0.25) is 0 Å². The van der Waals surface area contributed by atoms with E-state index in [0.29, 0.717) is 12.2 Å². The van der Waals surface area contributed by atoms with E-state index in [2.05, 4.69) is 0 Å². The summed E-state index contributed by atoms with van der Waals surface area (Å²) in [6, 6.07) is 5.74. The molecule has 1 rings (SSSR count). The first-order valence-corrected chi connectivity index (χ1v) is 5.59. The van der Waals surface area contributed by atoms with Crippen LogP contribution in [0.4, 0.5) is 5.69 Å². The Kier molecular flexibility index (Phi) is 5.10. The third kappa shape index (κ3) is 4.40. The molecule has 0 heterocycles. The van der Waals surface area contributed by atoms with Crippen molar-refractivity contribution in [2.45, 2.75) is 26.4 Å². The Bertz CT molecular complexity index is 415. The van der Waals surface area contributed by atoms with Gasteiger partial charge in [-0.15, -0.1) is 0 Å². The SMILES string of the molecule is CCC(=O)OCC(C)Oc1ccc([N+](=O)[O-])cc1. The molecule has 0 aliphatic rings. The summed E-state index contributed by atoms with van der Waals surface area (Å²) in [6.07, 6.45) is 0.0199. The summed E-state index contributed by atoms with van der Waals surface area (Å²) in [7, 11) is 0. The Morgan fingerprint density at radius 1 is 1.39 bits per heavy atom. The molecule has 0 saturated carbocycles. The number of ether oxygens (including phenoxy) is 2. The number of nitro groups is 1. The number of non-ortho nitro benzene ring substituents is 1. The number of hydrogen-bond acceptors (Lipinski definition) is 5. The molecule has 1 atom stereocenters. The summed E-state index contributed by atoms with van der Waals surface area (Å²) in [5.41, 5.74) is 0.00686. The largest absolute Gasteiger partial charge is 0.487 e. The highest BCUT2D eigenvalue weighted by Gasteiger charge is 2.09. The van der Waals surface area contributed by atoms with Gasteiger partial charge in [0.2, 0.25) is 0 Å². The van der Waals surface area contributed by atoms with Gasteiger partial charge in [-0.3, -0.25) is 14.9 Å². The second-order valence-electron chi connectivity index (χ2n) is 3.72. The minimum Gasteiger partial charge on any atom is -0.487 e. The lowest BCUT2D eigenvalue weighted by Crippen LogP contribution is -2.21. The van der Waals surface area contributed by atoms with Gasteiger partial charge in [-0.05, 0) is 19.1 Å². The summed E-state index contributed by atoms with van der Waals surface area (Å²) < 4.78 is 10.4. The Labute approximate surface area is 105 Å². The van der Waals surface area contributed by atoms with E-state index in [1.54, 1.807) is 13.8 Å². The van der Waals surface area contributed by atoms with Gasteiger partial charge in [0.15, 0.2) is 0 Å². The first-order chi connectivity index (χ1) is 8.52. The van der Waals surface area contributed by atoms with E-state index in [9.17, 15) is 14.9 Å². The third-order valence-electron chi connectivity index (χ3n) is 2.15. The lowest BCUT2D eigenvalue weighted by atomic mass is 10.3.